The predicted molar refractivity (Wildman–Crippen MR) is 58.0 cm³/mol. The van der Waals surface area contributed by atoms with Gasteiger partial charge in [0.15, 0.2) is 0 Å². The van der Waals surface area contributed by atoms with Crippen LogP contribution in [-0.4, -0.2) is 48.7 Å². The summed E-state index contributed by atoms with van der Waals surface area (Å²) in [5, 5.41) is 8.34. The number of hydrogen-bond donors (Lipinski definition) is 1. The van der Waals surface area contributed by atoms with Crippen molar-refractivity contribution in [3.8, 4) is 0 Å². The molecule has 0 aliphatic heterocycles. The number of hydrogen-bond acceptors (Lipinski definition) is 3. The second-order valence-corrected chi connectivity index (χ2v) is 3.95. The maximum atomic E-state index is 11.3. The summed E-state index contributed by atoms with van der Waals surface area (Å²) in [6, 6.07) is 0. The van der Waals surface area contributed by atoms with Crippen LogP contribution in [-0.2, 0) is 14.3 Å². The highest BCUT2D eigenvalue weighted by Gasteiger charge is 2.21. The summed E-state index contributed by atoms with van der Waals surface area (Å²) < 4.78 is 5.37. The van der Waals surface area contributed by atoms with Crippen LogP contribution in [0, 0.1) is 5.92 Å². The normalized spacial score (nSPS) is 15.3. The highest BCUT2D eigenvalue weighted by atomic mass is 16.5. The smallest absolute Gasteiger partial charge is 0.328 e. The Labute approximate surface area is 94.7 Å². The van der Waals surface area contributed by atoms with Crippen molar-refractivity contribution in [2.24, 2.45) is 5.92 Å². The van der Waals surface area contributed by atoms with Gasteiger partial charge in [-0.15, -0.1) is 0 Å². The van der Waals surface area contributed by atoms with E-state index in [-0.39, 0.29) is 5.91 Å². The SMILES string of the molecule is CN(CCOCC1CC1)C(=O)C=CC(=O)O. The summed E-state index contributed by atoms with van der Waals surface area (Å²) in [5.41, 5.74) is 0. The Hall–Kier alpha value is -1.36. The molecule has 0 spiro atoms. The van der Waals surface area contributed by atoms with E-state index in [1.807, 2.05) is 0 Å². The number of amides is 1. The van der Waals surface area contributed by atoms with Crippen LogP contribution in [0.25, 0.3) is 0 Å². The van der Waals surface area contributed by atoms with Gasteiger partial charge >= 0.3 is 5.97 Å². The summed E-state index contributed by atoms with van der Waals surface area (Å²) in [4.78, 5) is 22.9. The van der Waals surface area contributed by atoms with Gasteiger partial charge in [-0.2, -0.15) is 0 Å². The molecule has 0 aromatic carbocycles. The van der Waals surface area contributed by atoms with Crippen molar-refractivity contribution in [2.75, 3.05) is 26.8 Å². The first kappa shape index (κ1) is 12.7. The van der Waals surface area contributed by atoms with E-state index in [4.69, 9.17) is 9.84 Å². The second kappa shape index (κ2) is 6.27. The van der Waals surface area contributed by atoms with Crippen molar-refractivity contribution in [1.82, 2.24) is 4.90 Å². The molecule has 1 amide bonds. The third-order valence-corrected chi connectivity index (χ3v) is 2.37. The number of likely N-dealkylation sites (N-methyl/N-ethyl adjacent to an activating group) is 1. The standard InChI is InChI=1S/C11H17NO4/c1-12(10(13)4-5-11(14)15)6-7-16-8-9-2-3-9/h4-5,9H,2-3,6-8H2,1H3,(H,14,15). The van der Waals surface area contributed by atoms with Gasteiger partial charge in [-0.3, -0.25) is 4.79 Å². The minimum atomic E-state index is -1.12. The number of nitrogens with zero attached hydrogens (tertiary/aromatic N) is 1. The summed E-state index contributed by atoms with van der Waals surface area (Å²) in [5.74, 6) is -0.725. The zero-order valence-corrected chi connectivity index (χ0v) is 9.39. The number of ether oxygens (including phenoxy) is 1. The monoisotopic (exact) mass is 227 g/mol. The van der Waals surface area contributed by atoms with E-state index < -0.39 is 5.97 Å². The van der Waals surface area contributed by atoms with Crippen LogP contribution in [0.4, 0.5) is 0 Å². The van der Waals surface area contributed by atoms with E-state index in [1.165, 1.54) is 17.7 Å². The molecule has 90 valence electrons. The lowest BCUT2D eigenvalue weighted by Gasteiger charge is -2.14. The minimum absolute atomic E-state index is 0.322. The molecule has 0 unspecified atom stereocenters. The molecule has 5 heteroatoms. The predicted octanol–water partition coefficient (Wildman–Crippen LogP) is 0.512. The topological polar surface area (TPSA) is 66.8 Å². The third-order valence-electron chi connectivity index (χ3n) is 2.37. The van der Waals surface area contributed by atoms with Crippen LogP contribution in [0.2, 0.25) is 0 Å². The lowest BCUT2D eigenvalue weighted by Crippen LogP contribution is -2.28. The fraction of sp³-hybridized carbons (Fsp3) is 0.636. The second-order valence-electron chi connectivity index (χ2n) is 3.95. The summed E-state index contributed by atoms with van der Waals surface area (Å²) in [6.45, 7) is 1.75. The first-order chi connectivity index (χ1) is 7.59. The maximum absolute atomic E-state index is 11.3. The van der Waals surface area contributed by atoms with Gasteiger partial charge in [-0.1, -0.05) is 0 Å². The molecule has 0 atom stereocenters. The molecule has 16 heavy (non-hydrogen) atoms. The Morgan fingerprint density at radius 1 is 1.44 bits per heavy atom. The summed E-state index contributed by atoms with van der Waals surface area (Å²) in [6.07, 6.45) is 4.37. The minimum Gasteiger partial charge on any atom is -0.478 e. The van der Waals surface area contributed by atoms with Crippen molar-refractivity contribution in [3.63, 3.8) is 0 Å². The number of carbonyl (C=O) groups is 2. The Kier molecular flexibility index (Phi) is 4.98. The van der Waals surface area contributed by atoms with Crippen molar-refractivity contribution >= 4 is 11.9 Å². The molecule has 0 heterocycles. The van der Waals surface area contributed by atoms with Gasteiger partial charge in [0.05, 0.1) is 6.61 Å². The highest BCUT2D eigenvalue weighted by Crippen LogP contribution is 2.28. The third kappa shape index (κ3) is 5.50. The fourth-order valence-corrected chi connectivity index (χ4v) is 1.12. The van der Waals surface area contributed by atoms with Crippen LogP contribution in [0.15, 0.2) is 12.2 Å². The van der Waals surface area contributed by atoms with Gasteiger partial charge in [0, 0.05) is 32.4 Å². The Bertz CT molecular complexity index is 284. The molecule has 1 saturated carbocycles. The van der Waals surface area contributed by atoms with Crippen LogP contribution in [0.3, 0.4) is 0 Å². The number of carboxylic acid groups (broad SMARTS) is 1. The van der Waals surface area contributed by atoms with Crippen LogP contribution in [0.1, 0.15) is 12.8 Å². The van der Waals surface area contributed by atoms with Gasteiger partial charge in [-0.05, 0) is 18.8 Å². The molecule has 0 aromatic heterocycles. The molecule has 0 saturated heterocycles. The number of carbonyl (C=O) groups excluding carboxylic acids is 1. The average molecular weight is 227 g/mol. The van der Waals surface area contributed by atoms with Gasteiger partial charge in [0.1, 0.15) is 0 Å². The van der Waals surface area contributed by atoms with Gasteiger partial charge < -0.3 is 14.7 Å². The first-order valence-corrected chi connectivity index (χ1v) is 5.33. The Balaban J connectivity index is 2.09. The highest BCUT2D eigenvalue weighted by molar-refractivity contribution is 5.93. The van der Waals surface area contributed by atoms with Crippen LogP contribution in [0.5, 0.6) is 0 Å². The first-order valence-electron chi connectivity index (χ1n) is 5.33. The lowest BCUT2D eigenvalue weighted by atomic mass is 10.4. The quantitative estimate of drug-likeness (QED) is 0.508. The molecule has 1 N–H and O–H groups in total. The summed E-state index contributed by atoms with van der Waals surface area (Å²) >= 11 is 0. The fourth-order valence-electron chi connectivity index (χ4n) is 1.12. The average Bonchev–Trinajstić information content (AvgIpc) is 3.04. The maximum Gasteiger partial charge on any atom is 0.328 e. The van der Waals surface area contributed by atoms with Crippen molar-refractivity contribution in [1.29, 1.82) is 0 Å². The van der Waals surface area contributed by atoms with Crippen LogP contribution < -0.4 is 0 Å². The molecule has 0 aromatic rings. The number of aliphatic carboxylic acids is 1. The Morgan fingerprint density at radius 3 is 2.69 bits per heavy atom. The lowest BCUT2D eigenvalue weighted by molar-refractivity contribution is -0.132. The van der Waals surface area contributed by atoms with E-state index in [2.05, 4.69) is 0 Å². The number of carboxylic acids is 1. The largest absolute Gasteiger partial charge is 0.478 e. The van der Waals surface area contributed by atoms with E-state index in [9.17, 15) is 9.59 Å². The molecule has 5 nitrogen and oxygen atoms in total. The van der Waals surface area contributed by atoms with Gasteiger partial charge in [0.2, 0.25) is 5.91 Å². The molecule has 1 fully saturated rings. The van der Waals surface area contributed by atoms with Crippen molar-refractivity contribution in [3.05, 3.63) is 12.2 Å². The molecular weight excluding hydrogens is 210 g/mol. The van der Waals surface area contributed by atoms with Crippen molar-refractivity contribution < 1.29 is 19.4 Å². The molecular formula is C11H17NO4. The molecule has 1 rings (SSSR count). The van der Waals surface area contributed by atoms with Gasteiger partial charge in [0.25, 0.3) is 0 Å². The van der Waals surface area contributed by atoms with E-state index in [0.29, 0.717) is 19.1 Å². The van der Waals surface area contributed by atoms with E-state index in [1.54, 1.807) is 7.05 Å². The molecule has 1 aliphatic carbocycles. The zero-order chi connectivity index (χ0) is 12.0. The Morgan fingerprint density at radius 2 is 2.12 bits per heavy atom. The van der Waals surface area contributed by atoms with E-state index >= 15 is 0 Å². The molecule has 0 bridgehead atoms. The van der Waals surface area contributed by atoms with E-state index in [0.717, 1.165) is 18.8 Å². The zero-order valence-electron chi connectivity index (χ0n) is 9.39. The molecule has 1 aliphatic rings. The number of rotatable bonds is 7. The van der Waals surface area contributed by atoms with Crippen molar-refractivity contribution in [2.45, 2.75) is 12.8 Å². The summed E-state index contributed by atoms with van der Waals surface area (Å²) in [7, 11) is 1.62. The molecule has 0 radical (unpaired) electrons. The van der Waals surface area contributed by atoms with Gasteiger partial charge in [-0.25, -0.2) is 4.79 Å². The van der Waals surface area contributed by atoms with Crippen LogP contribution >= 0.6 is 0 Å².